The van der Waals surface area contributed by atoms with Crippen LogP contribution in [0.4, 0.5) is 11.4 Å². The molecule has 0 unspecified atom stereocenters. The van der Waals surface area contributed by atoms with E-state index in [1.807, 2.05) is 0 Å². The van der Waals surface area contributed by atoms with Crippen molar-refractivity contribution in [3.63, 3.8) is 0 Å². The number of piperazine rings is 1. The third kappa shape index (κ3) is 27.8. The number of nitrogens with one attached hydrogen (secondary N) is 1. The number of hydrogen-bond donors (Lipinski definition) is 1. The number of carbonyl (C=O) groups is 1. The van der Waals surface area contributed by atoms with Crippen molar-refractivity contribution in [2.45, 2.75) is 252 Å². The Hall–Kier alpha value is -1.93. The lowest BCUT2D eigenvalue weighted by atomic mass is 10.0. The van der Waals surface area contributed by atoms with Gasteiger partial charge in [-0.3, -0.25) is 14.4 Å². The highest BCUT2D eigenvalue weighted by Gasteiger charge is 2.27. The summed E-state index contributed by atoms with van der Waals surface area (Å²) in [5.74, 6) is 0.0225. The maximum absolute atomic E-state index is 12.9. The minimum absolute atomic E-state index is 0.0225. The van der Waals surface area contributed by atoms with Crippen molar-refractivity contribution in [1.29, 1.82) is 0 Å². The summed E-state index contributed by atoms with van der Waals surface area (Å²) in [4.78, 5) is 44.9. The number of likely N-dealkylation sites (N-methyl/N-ethyl adjacent to an activating group) is 1. The number of nitrogens with zero attached hydrogens (tertiary/aromatic N) is 3. The fourth-order valence-corrected chi connectivity index (χ4v) is 9.20. The first kappa shape index (κ1) is 55.2. The summed E-state index contributed by atoms with van der Waals surface area (Å²) < 4.78 is 6.10. The molecule has 1 aliphatic heterocycles. The van der Waals surface area contributed by atoms with E-state index >= 15 is 0 Å². The van der Waals surface area contributed by atoms with E-state index in [4.69, 9.17) is 4.74 Å². The Bertz CT molecular complexity index is 1210. The molecule has 0 bridgehead atoms. The molecule has 0 aliphatic carbocycles. The minimum Gasteiger partial charge on any atom is -0.462 e. The Morgan fingerprint density at radius 2 is 0.918 bits per heavy atom. The molecule has 1 aromatic rings. The van der Waals surface area contributed by atoms with Crippen molar-refractivity contribution >= 4 is 17.3 Å². The molecule has 1 fully saturated rings. The Kier molecular flexibility index (Phi) is 34.9. The molecule has 61 heavy (non-hydrogen) atoms. The zero-order chi connectivity index (χ0) is 44.0. The van der Waals surface area contributed by atoms with Crippen molar-refractivity contribution in [2.75, 3.05) is 69.6 Å². The van der Waals surface area contributed by atoms with Gasteiger partial charge in [0.15, 0.2) is 0 Å². The smallest absolute Gasteiger partial charge is 0.306 e. The van der Waals surface area contributed by atoms with E-state index in [9.17, 15) is 14.4 Å². The number of unbranched alkanes of at least 4 members (excludes halogenated alkanes) is 27. The van der Waals surface area contributed by atoms with Gasteiger partial charge in [0.25, 0.3) is 10.9 Å². The molecule has 1 N–H and O–H groups in total. The van der Waals surface area contributed by atoms with Crippen molar-refractivity contribution in [1.82, 2.24) is 9.80 Å². The molecule has 1 saturated heterocycles. The third-order valence-corrected chi connectivity index (χ3v) is 13.4. The average molecular weight is 857 g/mol. The van der Waals surface area contributed by atoms with Crippen LogP contribution in [0.3, 0.4) is 0 Å². The number of ether oxygens (including phenoxy) is 1. The van der Waals surface area contributed by atoms with E-state index < -0.39 is 0 Å². The van der Waals surface area contributed by atoms with Gasteiger partial charge < -0.3 is 24.8 Å². The molecular weight excluding hydrogens is 757 g/mol. The molecule has 0 radical (unpaired) electrons. The molecule has 1 aromatic carbocycles. The molecule has 0 aromatic heterocycles. The van der Waals surface area contributed by atoms with Crippen LogP contribution in [0.25, 0.3) is 0 Å². The SMILES string of the molecule is CCCCCCCCCCCCCCCCN(CCCCCCCC(=O)OC(CCCCCCCC)CCCCCCCC)CCCNc1c(N2CCN(C)CC2)c(=O)c1=O. The zero-order valence-electron chi connectivity index (χ0n) is 41.0. The minimum atomic E-state index is -0.345. The summed E-state index contributed by atoms with van der Waals surface area (Å²) >= 11 is 0. The monoisotopic (exact) mass is 857 g/mol. The van der Waals surface area contributed by atoms with Crippen molar-refractivity contribution < 1.29 is 9.53 Å². The van der Waals surface area contributed by atoms with Gasteiger partial charge in [-0.15, -0.1) is 0 Å². The van der Waals surface area contributed by atoms with Crippen LogP contribution in [-0.4, -0.2) is 81.3 Å². The summed E-state index contributed by atoms with van der Waals surface area (Å²) in [6, 6.07) is 0. The van der Waals surface area contributed by atoms with Gasteiger partial charge in [0.2, 0.25) is 0 Å². The molecule has 1 aliphatic rings. The summed E-state index contributed by atoms with van der Waals surface area (Å²) in [6.45, 7) is 14.2. The molecule has 0 saturated carbocycles. The molecule has 0 amide bonds. The van der Waals surface area contributed by atoms with E-state index in [0.29, 0.717) is 17.8 Å². The van der Waals surface area contributed by atoms with Crippen molar-refractivity contribution in [2.24, 2.45) is 0 Å². The zero-order valence-corrected chi connectivity index (χ0v) is 41.0. The molecule has 2 rings (SSSR count). The summed E-state index contributed by atoms with van der Waals surface area (Å²) in [5.41, 5.74) is 0.497. The number of carbonyl (C=O) groups excluding carboxylic acids is 1. The number of anilines is 2. The largest absolute Gasteiger partial charge is 0.462 e. The Morgan fingerprint density at radius 3 is 1.38 bits per heavy atom. The van der Waals surface area contributed by atoms with Crippen LogP contribution in [0.15, 0.2) is 9.59 Å². The van der Waals surface area contributed by atoms with Crippen LogP contribution < -0.4 is 21.1 Å². The van der Waals surface area contributed by atoms with Crippen LogP contribution >= 0.6 is 0 Å². The fraction of sp³-hybridized carbons (Fsp3) is 0.906. The van der Waals surface area contributed by atoms with Crippen LogP contribution in [-0.2, 0) is 9.53 Å². The quantitative estimate of drug-likeness (QED) is 0.0395. The normalized spacial score (nSPS) is 13.6. The molecule has 0 atom stereocenters. The van der Waals surface area contributed by atoms with Gasteiger partial charge in [-0.2, -0.15) is 0 Å². The molecule has 0 spiro atoms. The number of esters is 1. The Morgan fingerprint density at radius 1 is 0.525 bits per heavy atom. The van der Waals surface area contributed by atoms with Crippen molar-refractivity contribution in [3.05, 3.63) is 20.4 Å². The highest BCUT2D eigenvalue weighted by molar-refractivity contribution is 5.75. The molecule has 356 valence electrons. The number of rotatable bonds is 44. The summed E-state index contributed by atoms with van der Waals surface area (Å²) in [6.07, 6.45) is 43.9. The lowest BCUT2D eigenvalue weighted by molar-refractivity contribution is -0.150. The molecule has 1 heterocycles. The molecule has 8 nitrogen and oxygen atoms in total. The second kappa shape index (κ2) is 38.5. The Labute approximate surface area is 377 Å². The van der Waals surface area contributed by atoms with Crippen LogP contribution in [0.2, 0.25) is 0 Å². The topological polar surface area (TPSA) is 82.2 Å². The van der Waals surface area contributed by atoms with E-state index in [0.717, 1.165) is 84.5 Å². The fourth-order valence-electron chi connectivity index (χ4n) is 9.20. The maximum Gasteiger partial charge on any atom is 0.306 e. The van der Waals surface area contributed by atoms with Gasteiger partial charge in [-0.05, 0) is 78.0 Å². The predicted octanol–water partition coefficient (Wildman–Crippen LogP) is 13.4. The van der Waals surface area contributed by atoms with Gasteiger partial charge in [0, 0.05) is 39.1 Å². The predicted molar refractivity (Wildman–Crippen MR) is 264 cm³/mol. The van der Waals surface area contributed by atoms with Gasteiger partial charge in [0.05, 0.1) is 0 Å². The lowest BCUT2D eigenvalue weighted by Gasteiger charge is -2.35. The average Bonchev–Trinajstić information content (AvgIpc) is 3.26. The van der Waals surface area contributed by atoms with E-state index in [2.05, 4.69) is 47.8 Å². The Balaban J connectivity index is 1.70. The first-order valence-electron chi connectivity index (χ1n) is 26.8. The van der Waals surface area contributed by atoms with Crippen molar-refractivity contribution in [3.8, 4) is 0 Å². The number of hydrogen-bond acceptors (Lipinski definition) is 8. The second-order valence-electron chi connectivity index (χ2n) is 19.1. The first-order chi connectivity index (χ1) is 29.9. The van der Waals surface area contributed by atoms with Gasteiger partial charge in [0.1, 0.15) is 17.5 Å². The molecule has 8 heteroatoms. The lowest BCUT2D eigenvalue weighted by Crippen LogP contribution is -2.50. The maximum atomic E-state index is 12.9. The molecular formula is C53H100N4O4. The summed E-state index contributed by atoms with van der Waals surface area (Å²) in [7, 11) is 2.10. The van der Waals surface area contributed by atoms with Crippen LogP contribution in [0, 0.1) is 0 Å². The van der Waals surface area contributed by atoms with Gasteiger partial charge in [-0.25, -0.2) is 0 Å². The van der Waals surface area contributed by atoms with Crippen LogP contribution in [0.1, 0.15) is 245 Å². The van der Waals surface area contributed by atoms with E-state index in [1.165, 1.54) is 186 Å². The summed E-state index contributed by atoms with van der Waals surface area (Å²) in [5, 5.41) is 3.37. The first-order valence-corrected chi connectivity index (χ1v) is 26.8. The highest BCUT2D eigenvalue weighted by atomic mass is 16.5. The second-order valence-corrected chi connectivity index (χ2v) is 19.1. The van der Waals surface area contributed by atoms with Crippen LogP contribution in [0.5, 0.6) is 0 Å². The van der Waals surface area contributed by atoms with Gasteiger partial charge >= 0.3 is 5.97 Å². The van der Waals surface area contributed by atoms with E-state index in [-0.39, 0.29) is 22.9 Å². The van der Waals surface area contributed by atoms with E-state index in [1.54, 1.807) is 0 Å². The standard InChI is InChI=1S/C53H100N4O4/c1-5-8-11-14-17-18-19-20-21-22-23-24-29-34-41-56(43-36-40-54-50-51(53(60)52(50)59)57-46-44-55(4)45-47-57)42-35-30-25-28-33-39-49(58)61-48(37-31-26-15-12-9-6-2)38-32-27-16-13-10-7-3/h48,54H,5-47H2,1-4H3. The highest BCUT2D eigenvalue weighted by Crippen LogP contribution is 2.22. The van der Waals surface area contributed by atoms with Gasteiger partial charge in [-0.1, -0.05) is 188 Å². The third-order valence-electron chi connectivity index (χ3n) is 13.4.